The molecule has 0 aromatic carbocycles. The largest absolute Gasteiger partial charge is 0.481 e. The molecule has 2 unspecified atom stereocenters. The molecule has 0 bridgehead atoms. The second kappa shape index (κ2) is 8.00. The molecule has 2 amide bonds. The lowest BCUT2D eigenvalue weighted by Gasteiger charge is -2.25. The molecular formula is C15H28N2O4. The first kappa shape index (κ1) is 19.4. The highest BCUT2D eigenvalue weighted by atomic mass is 16.4. The molecule has 0 aromatic rings. The van der Waals surface area contributed by atoms with Gasteiger partial charge < -0.3 is 15.7 Å². The van der Waals surface area contributed by atoms with E-state index in [0.717, 1.165) is 0 Å². The molecule has 6 heteroatoms. The minimum Gasteiger partial charge on any atom is -0.481 e. The normalized spacial score (nSPS) is 14.4. The maximum Gasteiger partial charge on any atom is 0.308 e. The Morgan fingerprint density at radius 1 is 1.14 bits per heavy atom. The first-order chi connectivity index (χ1) is 9.44. The Morgan fingerprint density at radius 2 is 1.67 bits per heavy atom. The standard InChI is InChI=1S/C15H28N2O4/c1-9(2)12(17-10(3)18)13(19)16-8-11(14(20)21)7-15(4,5)6/h9,11-12H,7-8H2,1-6H3,(H,16,19)(H,17,18)(H,20,21). The number of carbonyl (C=O) groups is 3. The van der Waals surface area contributed by atoms with Gasteiger partial charge in [0.25, 0.3) is 0 Å². The predicted octanol–water partition coefficient (Wildman–Crippen LogP) is 1.40. The molecule has 3 N–H and O–H groups in total. The van der Waals surface area contributed by atoms with E-state index in [9.17, 15) is 19.5 Å². The molecule has 0 aliphatic heterocycles. The Hall–Kier alpha value is -1.59. The molecule has 0 saturated carbocycles. The van der Waals surface area contributed by atoms with E-state index in [1.807, 2.05) is 34.6 Å². The summed E-state index contributed by atoms with van der Waals surface area (Å²) in [6.45, 7) is 10.9. The SMILES string of the molecule is CC(=O)NC(C(=O)NCC(CC(C)(C)C)C(=O)O)C(C)C. The van der Waals surface area contributed by atoms with Crippen molar-refractivity contribution >= 4 is 17.8 Å². The molecule has 122 valence electrons. The summed E-state index contributed by atoms with van der Waals surface area (Å²) >= 11 is 0. The molecule has 0 spiro atoms. The van der Waals surface area contributed by atoms with Gasteiger partial charge in [-0.05, 0) is 17.8 Å². The topological polar surface area (TPSA) is 95.5 Å². The summed E-state index contributed by atoms with van der Waals surface area (Å²) in [7, 11) is 0. The average molecular weight is 300 g/mol. The smallest absolute Gasteiger partial charge is 0.308 e. The second-order valence-electron chi connectivity index (χ2n) is 6.97. The van der Waals surface area contributed by atoms with Crippen LogP contribution in [0.15, 0.2) is 0 Å². The maximum absolute atomic E-state index is 12.1. The summed E-state index contributed by atoms with van der Waals surface area (Å²) in [5, 5.41) is 14.4. The minimum atomic E-state index is -0.925. The van der Waals surface area contributed by atoms with Crippen LogP contribution in [0.2, 0.25) is 0 Å². The van der Waals surface area contributed by atoms with E-state index in [1.54, 1.807) is 0 Å². The molecule has 0 heterocycles. The molecular weight excluding hydrogens is 272 g/mol. The zero-order valence-electron chi connectivity index (χ0n) is 13.8. The van der Waals surface area contributed by atoms with Crippen LogP contribution in [0.1, 0.15) is 48.0 Å². The highest BCUT2D eigenvalue weighted by molar-refractivity contribution is 5.87. The van der Waals surface area contributed by atoms with Gasteiger partial charge in [0.2, 0.25) is 11.8 Å². The van der Waals surface area contributed by atoms with Crippen LogP contribution in [0.5, 0.6) is 0 Å². The Labute approximate surface area is 126 Å². The van der Waals surface area contributed by atoms with Gasteiger partial charge in [-0.25, -0.2) is 0 Å². The van der Waals surface area contributed by atoms with Crippen LogP contribution in [0, 0.1) is 17.3 Å². The molecule has 0 fully saturated rings. The van der Waals surface area contributed by atoms with Gasteiger partial charge in [-0.3, -0.25) is 14.4 Å². The summed E-state index contributed by atoms with van der Waals surface area (Å²) in [4.78, 5) is 34.5. The van der Waals surface area contributed by atoms with Crippen LogP contribution in [0.4, 0.5) is 0 Å². The second-order valence-corrected chi connectivity index (χ2v) is 6.97. The van der Waals surface area contributed by atoms with E-state index in [4.69, 9.17) is 0 Å². The number of carboxylic acids is 1. The van der Waals surface area contributed by atoms with Crippen molar-refractivity contribution < 1.29 is 19.5 Å². The average Bonchev–Trinajstić information content (AvgIpc) is 2.28. The summed E-state index contributed by atoms with van der Waals surface area (Å²) in [6, 6.07) is -0.647. The van der Waals surface area contributed by atoms with Gasteiger partial charge in [0.05, 0.1) is 5.92 Å². The molecule has 6 nitrogen and oxygen atoms in total. The van der Waals surface area contributed by atoms with E-state index in [1.165, 1.54) is 6.92 Å². The van der Waals surface area contributed by atoms with Crippen molar-refractivity contribution in [1.29, 1.82) is 0 Å². The third-order valence-corrected chi connectivity index (χ3v) is 3.04. The van der Waals surface area contributed by atoms with Crippen molar-refractivity contribution in [3.05, 3.63) is 0 Å². The monoisotopic (exact) mass is 300 g/mol. The first-order valence-electron chi connectivity index (χ1n) is 7.21. The lowest BCUT2D eigenvalue weighted by Crippen LogP contribution is -2.50. The Balaban J connectivity index is 4.66. The molecule has 0 radical (unpaired) electrons. The lowest BCUT2D eigenvalue weighted by atomic mass is 9.84. The van der Waals surface area contributed by atoms with Gasteiger partial charge in [-0.1, -0.05) is 34.6 Å². The van der Waals surface area contributed by atoms with E-state index < -0.39 is 17.9 Å². The molecule has 2 atom stereocenters. The first-order valence-corrected chi connectivity index (χ1v) is 7.21. The van der Waals surface area contributed by atoms with Gasteiger partial charge >= 0.3 is 5.97 Å². The summed E-state index contributed by atoms with van der Waals surface area (Å²) in [6.07, 6.45) is 0.467. The van der Waals surface area contributed by atoms with Gasteiger partial charge in [0.15, 0.2) is 0 Å². The van der Waals surface area contributed by atoms with Crippen LogP contribution in [0.25, 0.3) is 0 Å². The number of carbonyl (C=O) groups excluding carboxylic acids is 2. The van der Waals surface area contributed by atoms with Crippen LogP contribution in [0.3, 0.4) is 0 Å². The highest BCUT2D eigenvalue weighted by Crippen LogP contribution is 2.24. The van der Waals surface area contributed by atoms with Crippen LogP contribution in [-0.4, -0.2) is 35.5 Å². The van der Waals surface area contributed by atoms with Crippen molar-refractivity contribution in [1.82, 2.24) is 10.6 Å². The number of hydrogen-bond donors (Lipinski definition) is 3. The fourth-order valence-electron chi connectivity index (χ4n) is 2.07. The van der Waals surface area contributed by atoms with Crippen molar-refractivity contribution in [3.8, 4) is 0 Å². The molecule has 0 saturated heterocycles. The number of aliphatic carboxylic acids is 1. The Bertz CT molecular complexity index is 386. The van der Waals surface area contributed by atoms with Gasteiger partial charge in [0.1, 0.15) is 6.04 Å². The predicted molar refractivity (Wildman–Crippen MR) is 80.7 cm³/mol. The molecule has 0 aromatic heterocycles. The number of nitrogens with one attached hydrogen (secondary N) is 2. The zero-order valence-corrected chi connectivity index (χ0v) is 13.8. The fraction of sp³-hybridized carbons (Fsp3) is 0.800. The Morgan fingerprint density at radius 3 is 2.00 bits per heavy atom. The van der Waals surface area contributed by atoms with E-state index in [-0.39, 0.29) is 29.7 Å². The van der Waals surface area contributed by atoms with E-state index in [2.05, 4.69) is 10.6 Å². The zero-order chi connectivity index (χ0) is 16.8. The molecule has 0 aliphatic rings. The quantitative estimate of drug-likeness (QED) is 0.662. The fourth-order valence-corrected chi connectivity index (χ4v) is 2.07. The lowest BCUT2D eigenvalue weighted by molar-refractivity contribution is -0.143. The minimum absolute atomic E-state index is 0.0637. The summed E-state index contributed by atoms with van der Waals surface area (Å²) < 4.78 is 0. The van der Waals surface area contributed by atoms with Crippen LogP contribution < -0.4 is 10.6 Å². The van der Waals surface area contributed by atoms with Crippen molar-refractivity contribution in [2.24, 2.45) is 17.3 Å². The number of rotatable bonds is 7. The Kier molecular flexibility index (Phi) is 7.39. The number of hydrogen-bond acceptors (Lipinski definition) is 3. The number of amides is 2. The summed E-state index contributed by atoms with van der Waals surface area (Å²) in [5.74, 6) is -2.27. The highest BCUT2D eigenvalue weighted by Gasteiger charge is 2.27. The van der Waals surface area contributed by atoms with Gasteiger partial charge in [-0.2, -0.15) is 0 Å². The van der Waals surface area contributed by atoms with Gasteiger partial charge in [-0.15, -0.1) is 0 Å². The number of carboxylic acid groups (broad SMARTS) is 1. The third-order valence-electron chi connectivity index (χ3n) is 3.04. The summed E-state index contributed by atoms with van der Waals surface area (Å²) in [5.41, 5.74) is -0.136. The van der Waals surface area contributed by atoms with Gasteiger partial charge in [0, 0.05) is 13.5 Å². The molecule has 21 heavy (non-hydrogen) atoms. The van der Waals surface area contributed by atoms with Crippen LogP contribution in [-0.2, 0) is 14.4 Å². The van der Waals surface area contributed by atoms with E-state index in [0.29, 0.717) is 6.42 Å². The van der Waals surface area contributed by atoms with Crippen LogP contribution >= 0.6 is 0 Å². The van der Waals surface area contributed by atoms with Crippen molar-refractivity contribution in [2.75, 3.05) is 6.54 Å². The molecule has 0 aliphatic carbocycles. The maximum atomic E-state index is 12.1. The third kappa shape index (κ3) is 8.32. The van der Waals surface area contributed by atoms with Crippen molar-refractivity contribution in [2.45, 2.75) is 54.0 Å². The molecule has 0 rings (SSSR count). The van der Waals surface area contributed by atoms with E-state index >= 15 is 0 Å². The van der Waals surface area contributed by atoms with Crippen molar-refractivity contribution in [3.63, 3.8) is 0 Å².